The first-order valence-electron chi connectivity index (χ1n) is 8.52. The average molecular weight is 367 g/mol. The van der Waals surface area contributed by atoms with Crippen molar-refractivity contribution in [3.8, 4) is 0 Å². The van der Waals surface area contributed by atoms with E-state index in [9.17, 15) is 0 Å². The number of rotatable bonds is 4. The summed E-state index contributed by atoms with van der Waals surface area (Å²) in [5.41, 5.74) is 20.2. The predicted molar refractivity (Wildman–Crippen MR) is 107 cm³/mol. The van der Waals surface area contributed by atoms with E-state index in [-0.39, 0.29) is 0 Å². The van der Waals surface area contributed by atoms with Crippen LogP contribution in [-0.4, -0.2) is 0 Å². The van der Waals surface area contributed by atoms with Crippen LogP contribution >= 0.6 is 0 Å². The Kier molecular flexibility index (Phi) is 4.89. The first-order valence-corrected chi connectivity index (χ1v) is 11.8. The Hall–Kier alpha value is -2.23. The van der Waals surface area contributed by atoms with Crippen molar-refractivity contribution in [1.29, 1.82) is 0 Å². The molecule has 0 aliphatic heterocycles. The third-order valence-electron chi connectivity index (χ3n) is 4.96. The summed E-state index contributed by atoms with van der Waals surface area (Å²) in [5, 5.41) is 0. The Balaban J connectivity index is 2.33. The zero-order valence-electron chi connectivity index (χ0n) is 14.7. The van der Waals surface area contributed by atoms with Crippen molar-refractivity contribution >= 4 is 28.7 Å². The van der Waals surface area contributed by atoms with E-state index in [1.54, 1.807) is 0 Å². The molecule has 4 heteroatoms. The number of hydrogen-bond donors (Lipinski definition) is 3. The van der Waals surface area contributed by atoms with Crippen molar-refractivity contribution < 1.29 is 16.6 Å². The summed E-state index contributed by atoms with van der Waals surface area (Å²) < 4.78 is 4.66. The van der Waals surface area contributed by atoms with Gasteiger partial charge in [0.05, 0.1) is 0 Å². The van der Waals surface area contributed by atoms with Gasteiger partial charge in [-0.2, -0.15) is 0 Å². The fraction of sp³-hybridized carbons (Fsp3) is 0.143. The van der Waals surface area contributed by atoms with E-state index >= 15 is 0 Å². The molecule has 3 aromatic rings. The molecule has 0 amide bonds. The van der Waals surface area contributed by atoms with Gasteiger partial charge in [0.25, 0.3) is 0 Å². The van der Waals surface area contributed by atoms with E-state index in [1.165, 1.54) is 11.6 Å². The molecule has 0 bridgehead atoms. The van der Waals surface area contributed by atoms with Crippen LogP contribution in [0, 0.1) is 0 Å². The van der Waals surface area contributed by atoms with E-state index in [1.807, 2.05) is 36.4 Å². The molecule has 3 aromatic carbocycles. The van der Waals surface area contributed by atoms with Crippen molar-refractivity contribution in [3.05, 3.63) is 72.8 Å². The van der Waals surface area contributed by atoms with Crippen LogP contribution in [-0.2, 0) is 16.6 Å². The second-order valence-electron chi connectivity index (χ2n) is 6.83. The zero-order chi connectivity index (χ0) is 18.0. The molecule has 0 atom stereocenters. The van der Waals surface area contributed by atoms with Gasteiger partial charge < -0.3 is 0 Å². The average Bonchev–Trinajstić information content (AvgIpc) is 2.60. The predicted octanol–water partition coefficient (Wildman–Crippen LogP) is 2.69. The Labute approximate surface area is 153 Å². The van der Waals surface area contributed by atoms with Gasteiger partial charge in [-0.15, -0.1) is 0 Å². The second-order valence-corrected chi connectivity index (χ2v) is 13.9. The third kappa shape index (κ3) is 3.18. The van der Waals surface area contributed by atoms with E-state index in [0.717, 1.165) is 17.1 Å². The van der Waals surface area contributed by atoms with Gasteiger partial charge in [-0.05, 0) is 0 Å². The van der Waals surface area contributed by atoms with Gasteiger partial charge in [-0.1, -0.05) is 0 Å². The molecule has 0 aromatic heterocycles. The van der Waals surface area contributed by atoms with Crippen molar-refractivity contribution in [3.63, 3.8) is 0 Å². The minimum atomic E-state index is -2.91. The summed E-state index contributed by atoms with van der Waals surface area (Å²) in [5.74, 6) is 0. The minimum absolute atomic E-state index is 0.496. The van der Waals surface area contributed by atoms with Gasteiger partial charge in [0.1, 0.15) is 0 Å². The van der Waals surface area contributed by atoms with E-state index in [4.69, 9.17) is 17.2 Å². The summed E-state index contributed by atoms with van der Waals surface area (Å²) in [6.45, 7) is 4.64. The van der Waals surface area contributed by atoms with Crippen LogP contribution < -0.4 is 28.8 Å². The number of anilines is 3. The molecular formula is C21H25N3Ti. The van der Waals surface area contributed by atoms with Gasteiger partial charge in [-0.3, -0.25) is 0 Å². The second kappa shape index (κ2) is 6.95. The molecule has 0 radical (unpaired) electrons. The number of benzene rings is 3. The number of nitrogens with two attached hydrogens (primary N) is 3. The Morgan fingerprint density at radius 3 is 0.960 bits per heavy atom. The van der Waals surface area contributed by atoms with Crippen LogP contribution in [0.4, 0.5) is 17.1 Å². The number of hydrogen-bond acceptors (Lipinski definition) is 3. The van der Waals surface area contributed by atoms with E-state index in [2.05, 4.69) is 50.2 Å². The summed E-state index contributed by atoms with van der Waals surface area (Å²) in [6.07, 6.45) is 0. The van der Waals surface area contributed by atoms with Crippen LogP contribution in [0.2, 0.25) is 4.22 Å². The maximum absolute atomic E-state index is 5.95. The molecule has 3 rings (SSSR count). The monoisotopic (exact) mass is 367 g/mol. The molecule has 25 heavy (non-hydrogen) atoms. The van der Waals surface area contributed by atoms with Crippen molar-refractivity contribution in [2.24, 2.45) is 0 Å². The summed E-state index contributed by atoms with van der Waals surface area (Å²) in [4.78, 5) is 0. The fourth-order valence-corrected chi connectivity index (χ4v) is 11.7. The van der Waals surface area contributed by atoms with Crippen LogP contribution in [0.1, 0.15) is 13.8 Å². The van der Waals surface area contributed by atoms with Gasteiger partial charge >= 0.3 is 153 Å². The van der Waals surface area contributed by atoms with Crippen molar-refractivity contribution in [1.82, 2.24) is 0 Å². The van der Waals surface area contributed by atoms with E-state index < -0.39 is 16.6 Å². The standard InChI is InChI=1S/3C6H6N.C3H7.Ti/c3*7-6-4-2-1-3-5-6;1-3-2;/h3*2-5H,7H2;3H,1-2H3;. The zero-order valence-corrected chi connectivity index (χ0v) is 16.3. The summed E-state index contributed by atoms with van der Waals surface area (Å²) in [6, 6.07) is 25.2. The molecule has 0 spiro atoms. The molecule has 0 saturated heterocycles. The SMILES string of the molecule is C[CH](C)[Ti]([c]1ccc(N)cc1)([c]1ccc(N)cc1)[c]1ccc(N)cc1. The molecule has 6 N–H and O–H groups in total. The van der Waals surface area contributed by atoms with Gasteiger partial charge in [-0.25, -0.2) is 0 Å². The van der Waals surface area contributed by atoms with Crippen LogP contribution in [0.15, 0.2) is 72.8 Å². The topological polar surface area (TPSA) is 78.1 Å². The molecular weight excluding hydrogens is 342 g/mol. The van der Waals surface area contributed by atoms with Crippen molar-refractivity contribution in [2.75, 3.05) is 17.2 Å². The Morgan fingerprint density at radius 1 is 0.520 bits per heavy atom. The first kappa shape index (κ1) is 17.6. The normalized spacial score (nSPS) is 11.6. The molecule has 0 aliphatic rings. The van der Waals surface area contributed by atoms with Gasteiger partial charge in [0.15, 0.2) is 0 Å². The third-order valence-corrected chi connectivity index (χ3v) is 13.5. The van der Waals surface area contributed by atoms with Crippen molar-refractivity contribution in [2.45, 2.75) is 18.1 Å². The molecule has 0 unspecified atom stereocenters. The number of nitrogen functional groups attached to an aromatic ring is 3. The molecule has 0 saturated carbocycles. The molecule has 3 nitrogen and oxygen atoms in total. The molecule has 128 valence electrons. The summed E-state index contributed by atoms with van der Waals surface area (Å²) >= 11 is -2.91. The van der Waals surface area contributed by atoms with Crippen LogP contribution in [0.5, 0.6) is 0 Å². The quantitative estimate of drug-likeness (QED) is 0.490. The van der Waals surface area contributed by atoms with Gasteiger partial charge in [0.2, 0.25) is 0 Å². The molecule has 0 heterocycles. The molecule has 0 fully saturated rings. The maximum atomic E-state index is 5.95. The van der Waals surface area contributed by atoms with Crippen LogP contribution in [0.3, 0.4) is 0 Å². The van der Waals surface area contributed by atoms with E-state index in [0.29, 0.717) is 4.22 Å². The molecule has 0 aliphatic carbocycles. The van der Waals surface area contributed by atoms with Gasteiger partial charge in [0, 0.05) is 0 Å². The summed E-state index contributed by atoms with van der Waals surface area (Å²) in [7, 11) is 0. The Bertz CT molecular complexity index is 727. The van der Waals surface area contributed by atoms with Crippen LogP contribution in [0.25, 0.3) is 0 Å². The fourth-order valence-electron chi connectivity index (χ4n) is 3.74. The first-order chi connectivity index (χ1) is 11.9. The Morgan fingerprint density at radius 2 is 0.760 bits per heavy atom.